The molecule has 0 nitrogen and oxygen atoms in total. The molecule has 0 spiro atoms. The third-order valence-electron chi connectivity index (χ3n) is 6.09. The Balaban J connectivity index is 1.70. The fourth-order valence-corrected chi connectivity index (χ4v) is 3.94. The van der Waals surface area contributed by atoms with Crippen molar-refractivity contribution in [2.75, 3.05) is 0 Å². The van der Waals surface area contributed by atoms with Gasteiger partial charge < -0.3 is 0 Å². The smallest absolute Gasteiger partial charge is 0.0340 e. The Kier molecular flexibility index (Phi) is 6.37. The molecule has 4 rings (SSSR count). The van der Waals surface area contributed by atoms with Crippen LogP contribution in [0.3, 0.4) is 0 Å². The monoisotopic (exact) mass is 440 g/mol. The summed E-state index contributed by atoms with van der Waals surface area (Å²) in [4.78, 5) is 0. The van der Waals surface area contributed by atoms with E-state index in [-0.39, 0.29) is 10.8 Å². The summed E-state index contributed by atoms with van der Waals surface area (Å²) in [6, 6.07) is 29.7. The van der Waals surface area contributed by atoms with Crippen molar-refractivity contribution in [3.8, 4) is 23.7 Å². The van der Waals surface area contributed by atoms with E-state index < -0.39 is 0 Å². The Morgan fingerprint density at radius 3 is 1.18 bits per heavy atom. The first-order valence-corrected chi connectivity index (χ1v) is 11.9. The average molecular weight is 441 g/mol. The van der Waals surface area contributed by atoms with Crippen molar-refractivity contribution >= 4 is 10.8 Å². The van der Waals surface area contributed by atoms with Gasteiger partial charge in [0.05, 0.1) is 0 Å². The van der Waals surface area contributed by atoms with Crippen LogP contribution in [-0.4, -0.2) is 0 Å². The molecular weight excluding hydrogens is 408 g/mol. The van der Waals surface area contributed by atoms with Gasteiger partial charge >= 0.3 is 0 Å². The Hall–Kier alpha value is -3.74. The topological polar surface area (TPSA) is 0 Å². The Labute approximate surface area is 205 Å². The van der Waals surface area contributed by atoms with Crippen molar-refractivity contribution < 1.29 is 0 Å². The summed E-state index contributed by atoms with van der Waals surface area (Å²) in [5, 5.41) is 2.27. The second-order valence-electron chi connectivity index (χ2n) is 10.9. The average Bonchev–Trinajstić information content (AvgIpc) is 2.80. The van der Waals surface area contributed by atoms with Gasteiger partial charge in [0.25, 0.3) is 0 Å². The second-order valence-corrected chi connectivity index (χ2v) is 10.9. The third-order valence-corrected chi connectivity index (χ3v) is 6.09. The van der Waals surface area contributed by atoms with E-state index in [0.29, 0.717) is 0 Å². The summed E-state index contributed by atoms with van der Waals surface area (Å²) in [7, 11) is 0. The zero-order valence-corrected chi connectivity index (χ0v) is 21.1. The Bertz CT molecular complexity index is 1320. The molecule has 0 heterocycles. The molecule has 0 aliphatic rings. The van der Waals surface area contributed by atoms with Gasteiger partial charge in [-0.25, -0.2) is 0 Å². The normalized spacial score (nSPS) is 11.4. The van der Waals surface area contributed by atoms with E-state index in [1.54, 1.807) is 0 Å². The summed E-state index contributed by atoms with van der Waals surface area (Å²) in [6.45, 7) is 13.4. The van der Waals surface area contributed by atoms with Crippen molar-refractivity contribution in [2.24, 2.45) is 0 Å². The lowest BCUT2D eigenvalue weighted by atomic mass is 9.87. The highest BCUT2D eigenvalue weighted by Crippen LogP contribution is 2.25. The molecule has 0 radical (unpaired) electrons. The van der Waals surface area contributed by atoms with Crippen LogP contribution in [0.4, 0.5) is 0 Å². The van der Waals surface area contributed by atoms with Gasteiger partial charge in [0.1, 0.15) is 0 Å². The zero-order valence-electron chi connectivity index (χ0n) is 21.1. The van der Waals surface area contributed by atoms with Crippen LogP contribution < -0.4 is 0 Å². The van der Waals surface area contributed by atoms with Crippen LogP contribution in [0.15, 0.2) is 84.9 Å². The van der Waals surface area contributed by atoms with E-state index in [0.717, 1.165) is 33.0 Å². The van der Waals surface area contributed by atoms with Gasteiger partial charge in [0, 0.05) is 27.6 Å². The summed E-state index contributed by atoms with van der Waals surface area (Å²) >= 11 is 0. The molecule has 0 unspecified atom stereocenters. The molecule has 0 aromatic heterocycles. The predicted octanol–water partition coefficient (Wildman–Crippen LogP) is 8.23. The van der Waals surface area contributed by atoms with E-state index in [1.165, 1.54) is 11.1 Å². The first-order chi connectivity index (χ1) is 16.1. The molecule has 0 aliphatic heterocycles. The summed E-state index contributed by atoms with van der Waals surface area (Å²) < 4.78 is 0. The van der Waals surface area contributed by atoms with Crippen LogP contribution in [0.1, 0.15) is 74.9 Å². The van der Waals surface area contributed by atoms with Crippen molar-refractivity contribution in [1.82, 2.24) is 0 Å². The molecule has 4 aromatic carbocycles. The van der Waals surface area contributed by atoms with Crippen LogP contribution >= 0.6 is 0 Å². The van der Waals surface area contributed by atoms with E-state index in [9.17, 15) is 0 Å². The quantitative estimate of drug-likeness (QED) is 0.242. The van der Waals surface area contributed by atoms with Gasteiger partial charge in [0.15, 0.2) is 0 Å². The maximum atomic E-state index is 3.41. The van der Waals surface area contributed by atoms with Crippen molar-refractivity contribution in [3.63, 3.8) is 0 Å². The highest BCUT2D eigenvalue weighted by atomic mass is 14.2. The lowest BCUT2D eigenvalue weighted by Gasteiger charge is -2.18. The molecule has 0 amide bonds. The minimum Gasteiger partial charge on any atom is -0.0616 e. The molecule has 0 atom stereocenters. The standard InChI is InChI=1S/C34H32/c1-33(2,3)30-21-15-25(16-22-30)13-19-28-11-7-9-27-10-8-12-29(32(27)28)20-14-26-17-23-31(24-18-26)34(4,5)6/h7-12,15-18,21-24H,1-6H3. The lowest BCUT2D eigenvalue weighted by molar-refractivity contribution is 0.590. The van der Waals surface area contributed by atoms with Gasteiger partial charge in [-0.15, -0.1) is 0 Å². The van der Waals surface area contributed by atoms with E-state index in [4.69, 9.17) is 0 Å². The number of hydrogen-bond acceptors (Lipinski definition) is 0. The molecule has 0 N–H and O–H groups in total. The molecule has 0 fully saturated rings. The number of benzene rings is 4. The first-order valence-electron chi connectivity index (χ1n) is 11.9. The van der Waals surface area contributed by atoms with Crippen LogP contribution in [-0.2, 0) is 10.8 Å². The fraction of sp³-hybridized carbons (Fsp3) is 0.235. The molecule has 34 heavy (non-hydrogen) atoms. The van der Waals surface area contributed by atoms with Gasteiger partial charge in [0.2, 0.25) is 0 Å². The number of hydrogen-bond donors (Lipinski definition) is 0. The molecule has 0 bridgehead atoms. The van der Waals surface area contributed by atoms with E-state index >= 15 is 0 Å². The minimum absolute atomic E-state index is 0.141. The van der Waals surface area contributed by atoms with Crippen molar-refractivity contribution in [3.05, 3.63) is 118 Å². The SMILES string of the molecule is CC(C)(C)c1ccc(C#Cc2cccc3cccc(C#Cc4ccc(C(C)(C)C)cc4)c23)cc1. The van der Waals surface area contributed by atoms with Crippen molar-refractivity contribution in [2.45, 2.75) is 52.4 Å². The van der Waals surface area contributed by atoms with Crippen LogP contribution in [0, 0.1) is 23.7 Å². The zero-order chi connectivity index (χ0) is 24.3. The lowest BCUT2D eigenvalue weighted by Crippen LogP contribution is -2.10. The first kappa shape index (κ1) is 23.4. The maximum Gasteiger partial charge on any atom is 0.0340 e. The van der Waals surface area contributed by atoms with E-state index in [1.807, 2.05) is 0 Å². The largest absolute Gasteiger partial charge is 0.0616 e. The van der Waals surface area contributed by atoms with Crippen LogP contribution in [0.25, 0.3) is 10.8 Å². The second kappa shape index (κ2) is 9.25. The predicted molar refractivity (Wildman–Crippen MR) is 146 cm³/mol. The van der Waals surface area contributed by atoms with Crippen LogP contribution in [0.2, 0.25) is 0 Å². The molecule has 168 valence electrons. The summed E-state index contributed by atoms with van der Waals surface area (Å²) in [6.07, 6.45) is 0. The van der Waals surface area contributed by atoms with Gasteiger partial charge in [-0.05, 0) is 63.7 Å². The highest BCUT2D eigenvalue weighted by molar-refractivity contribution is 5.93. The molecule has 0 saturated carbocycles. The minimum atomic E-state index is 0.141. The molecule has 0 saturated heterocycles. The van der Waals surface area contributed by atoms with Gasteiger partial charge in [-0.3, -0.25) is 0 Å². The van der Waals surface area contributed by atoms with Gasteiger partial charge in [-0.1, -0.05) is 114 Å². The maximum absolute atomic E-state index is 3.41. The molecule has 0 heteroatoms. The van der Waals surface area contributed by atoms with Gasteiger partial charge in [-0.2, -0.15) is 0 Å². The highest BCUT2D eigenvalue weighted by Gasteiger charge is 2.13. The fourth-order valence-electron chi connectivity index (χ4n) is 3.94. The molecule has 0 aliphatic carbocycles. The number of rotatable bonds is 0. The Morgan fingerprint density at radius 2 is 0.824 bits per heavy atom. The summed E-state index contributed by atoms with van der Waals surface area (Å²) in [5.41, 5.74) is 6.97. The molecule has 4 aromatic rings. The Morgan fingerprint density at radius 1 is 0.441 bits per heavy atom. The summed E-state index contributed by atoms with van der Waals surface area (Å²) in [5.74, 6) is 13.5. The molecular formula is C34H32. The number of fused-ring (bicyclic) bond motifs is 1. The van der Waals surface area contributed by atoms with Crippen molar-refractivity contribution in [1.29, 1.82) is 0 Å². The van der Waals surface area contributed by atoms with E-state index in [2.05, 4.69) is 150 Å². The van der Waals surface area contributed by atoms with Crippen LogP contribution in [0.5, 0.6) is 0 Å². The third kappa shape index (κ3) is 5.42.